The molecule has 0 bridgehead atoms. The van der Waals surface area contributed by atoms with Crippen molar-refractivity contribution in [1.29, 1.82) is 0 Å². The third kappa shape index (κ3) is 8.56. The molecule has 0 aliphatic carbocycles. The summed E-state index contributed by atoms with van der Waals surface area (Å²) >= 11 is 0. The van der Waals surface area contributed by atoms with E-state index in [0.29, 0.717) is 5.92 Å². The largest absolute Gasteiger partial charge is 0.394 e. The van der Waals surface area contributed by atoms with Gasteiger partial charge in [0.2, 0.25) is 17.7 Å². The van der Waals surface area contributed by atoms with E-state index in [-0.39, 0.29) is 49.3 Å². The molecule has 0 spiro atoms. The van der Waals surface area contributed by atoms with Crippen LogP contribution in [0.5, 0.6) is 0 Å². The van der Waals surface area contributed by atoms with Crippen LogP contribution in [0.3, 0.4) is 0 Å². The van der Waals surface area contributed by atoms with Gasteiger partial charge in [0, 0.05) is 31.3 Å². The molecular weight excluding hydrogens is 362 g/mol. The van der Waals surface area contributed by atoms with E-state index in [9.17, 15) is 19.5 Å². The van der Waals surface area contributed by atoms with Crippen LogP contribution in [0.4, 0.5) is 0 Å². The second kappa shape index (κ2) is 12.7. The Morgan fingerprint density at radius 3 is 2.39 bits per heavy atom. The van der Waals surface area contributed by atoms with Gasteiger partial charge in [-0.3, -0.25) is 19.6 Å². The second-order valence-electron chi connectivity index (χ2n) is 8.27. The zero-order chi connectivity index (χ0) is 21.1. The Morgan fingerprint density at radius 1 is 1.11 bits per heavy atom. The molecule has 1 aliphatic rings. The van der Waals surface area contributed by atoms with E-state index in [1.54, 1.807) is 0 Å². The highest BCUT2D eigenvalue weighted by Crippen LogP contribution is 2.26. The van der Waals surface area contributed by atoms with Gasteiger partial charge in [0.15, 0.2) is 0 Å². The molecule has 3 amide bonds. The molecule has 0 aromatic carbocycles. The fraction of sp³-hybridized carbons (Fsp3) is 0.850. The van der Waals surface area contributed by atoms with Gasteiger partial charge in [-0.2, -0.15) is 0 Å². The summed E-state index contributed by atoms with van der Waals surface area (Å²) in [6, 6.07) is -0.0899. The maximum absolute atomic E-state index is 13.0. The molecule has 1 fully saturated rings. The Hall–Kier alpha value is -1.67. The predicted molar refractivity (Wildman–Crippen MR) is 105 cm³/mol. The summed E-state index contributed by atoms with van der Waals surface area (Å²) in [6.07, 6.45) is 4.95. The van der Waals surface area contributed by atoms with Gasteiger partial charge in [-0.25, -0.2) is 5.48 Å². The van der Waals surface area contributed by atoms with Crippen molar-refractivity contribution >= 4 is 17.7 Å². The number of aliphatic hydroxyl groups excluding tert-OH is 1. The quantitative estimate of drug-likeness (QED) is 0.293. The average Bonchev–Trinajstić information content (AvgIpc) is 3.13. The van der Waals surface area contributed by atoms with Gasteiger partial charge in [0.1, 0.15) is 0 Å². The van der Waals surface area contributed by atoms with E-state index in [1.807, 2.05) is 11.8 Å². The van der Waals surface area contributed by atoms with Gasteiger partial charge in [-0.05, 0) is 44.9 Å². The van der Waals surface area contributed by atoms with Gasteiger partial charge < -0.3 is 15.3 Å². The van der Waals surface area contributed by atoms with Crippen LogP contribution in [0.1, 0.15) is 72.1 Å². The summed E-state index contributed by atoms with van der Waals surface area (Å²) in [6.45, 7) is 6.88. The first-order valence-corrected chi connectivity index (χ1v) is 10.4. The summed E-state index contributed by atoms with van der Waals surface area (Å²) < 4.78 is 0. The third-order valence-electron chi connectivity index (χ3n) is 5.28. The van der Waals surface area contributed by atoms with Crippen LogP contribution in [0, 0.1) is 11.8 Å². The third-order valence-corrected chi connectivity index (χ3v) is 5.28. The summed E-state index contributed by atoms with van der Waals surface area (Å²) in [5.41, 5.74) is 1.51. The number of nitrogens with zero attached hydrogens (tertiary/aromatic N) is 1. The van der Waals surface area contributed by atoms with Gasteiger partial charge in [-0.15, -0.1) is 0 Å². The predicted octanol–water partition coefficient (Wildman–Crippen LogP) is 1.59. The minimum Gasteiger partial charge on any atom is -0.394 e. The van der Waals surface area contributed by atoms with Crippen molar-refractivity contribution in [1.82, 2.24) is 15.7 Å². The fourth-order valence-electron chi connectivity index (χ4n) is 3.83. The van der Waals surface area contributed by atoms with Crippen LogP contribution >= 0.6 is 0 Å². The molecule has 0 aromatic rings. The Balaban J connectivity index is 2.45. The molecule has 1 saturated heterocycles. The summed E-state index contributed by atoms with van der Waals surface area (Å²) in [4.78, 5) is 37.6. The zero-order valence-corrected chi connectivity index (χ0v) is 17.4. The number of carbonyl (C=O) groups excluding carboxylic acids is 3. The standard InChI is InChI=1S/C20H37N3O5/c1-14(2)12-16(20(27)23-11-5-8-17(23)13-24)7-4-6-15(3)21-18(25)9-10-19(26)22-28/h14-17,24,28H,4-13H2,1-3H3,(H,21,25)(H,22,26). The molecule has 1 rings (SSSR count). The maximum atomic E-state index is 13.0. The Bertz CT molecular complexity index is 512. The summed E-state index contributed by atoms with van der Waals surface area (Å²) in [5, 5.41) is 20.8. The Morgan fingerprint density at radius 2 is 1.79 bits per heavy atom. The van der Waals surface area contributed by atoms with E-state index in [2.05, 4.69) is 19.2 Å². The highest BCUT2D eigenvalue weighted by molar-refractivity contribution is 5.83. The number of rotatable bonds is 12. The second-order valence-corrected chi connectivity index (χ2v) is 8.27. The zero-order valence-electron chi connectivity index (χ0n) is 17.4. The molecule has 8 heteroatoms. The lowest BCUT2D eigenvalue weighted by Crippen LogP contribution is -2.41. The van der Waals surface area contributed by atoms with Crippen molar-refractivity contribution in [2.24, 2.45) is 11.8 Å². The van der Waals surface area contributed by atoms with E-state index in [1.165, 1.54) is 5.48 Å². The van der Waals surface area contributed by atoms with Gasteiger partial charge in [0.05, 0.1) is 12.6 Å². The number of nitrogens with one attached hydrogen (secondary N) is 2. The smallest absolute Gasteiger partial charge is 0.243 e. The van der Waals surface area contributed by atoms with Crippen molar-refractivity contribution < 1.29 is 24.7 Å². The topological polar surface area (TPSA) is 119 Å². The van der Waals surface area contributed by atoms with E-state index in [4.69, 9.17) is 5.21 Å². The van der Waals surface area contributed by atoms with E-state index < -0.39 is 5.91 Å². The number of carbonyl (C=O) groups is 3. The van der Waals surface area contributed by atoms with Crippen LogP contribution in [-0.4, -0.2) is 58.2 Å². The Kier molecular flexibility index (Phi) is 11.1. The molecule has 28 heavy (non-hydrogen) atoms. The van der Waals surface area contributed by atoms with Crippen LogP contribution in [0.15, 0.2) is 0 Å². The first-order chi connectivity index (χ1) is 13.3. The van der Waals surface area contributed by atoms with Gasteiger partial charge >= 0.3 is 0 Å². The van der Waals surface area contributed by atoms with Gasteiger partial charge in [0.25, 0.3) is 0 Å². The monoisotopic (exact) mass is 399 g/mol. The number of amides is 3. The highest BCUT2D eigenvalue weighted by Gasteiger charge is 2.32. The van der Waals surface area contributed by atoms with Crippen LogP contribution in [0.25, 0.3) is 0 Å². The van der Waals surface area contributed by atoms with E-state index >= 15 is 0 Å². The molecule has 162 valence electrons. The molecule has 4 N–H and O–H groups in total. The van der Waals surface area contributed by atoms with Crippen molar-refractivity contribution in [2.75, 3.05) is 13.2 Å². The first-order valence-electron chi connectivity index (χ1n) is 10.4. The highest BCUT2D eigenvalue weighted by atomic mass is 16.5. The van der Waals surface area contributed by atoms with E-state index in [0.717, 1.165) is 45.1 Å². The van der Waals surface area contributed by atoms with Crippen molar-refractivity contribution in [2.45, 2.75) is 84.2 Å². The van der Waals surface area contributed by atoms with Crippen molar-refractivity contribution in [3.05, 3.63) is 0 Å². The minimum absolute atomic E-state index is 0.0253. The lowest BCUT2D eigenvalue weighted by atomic mass is 9.90. The fourth-order valence-corrected chi connectivity index (χ4v) is 3.83. The number of aliphatic hydroxyl groups is 1. The molecule has 1 aliphatic heterocycles. The molecule has 1 heterocycles. The number of likely N-dealkylation sites (tertiary alicyclic amines) is 1. The molecule has 0 radical (unpaired) electrons. The molecule has 3 unspecified atom stereocenters. The van der Waals surface area contributed by atoms with Crippen molar-refractivity contribution in [3.8, 4) is 0 Å². The lowest BCUT2D eigenvalue weighted by Gasteiger charge is -2.29. The van der Waals surface area contributed by atoms with Gasteiger partial charge in [-0.1, -0.05) is 20.3 Å². The SMILES string of the molecule is CC(C)CC(CCCC(C)NC(=O)CCC(=O)NO)C(=O)N1CCCC1CO. The minimum atomic E-state index is -0.582. The Labute approximate surface area is 168 Å². The molecule has 8 nitrogen and oxygen atoms in total. The average molecular weight is 400 g/mol. The summed E-state index contributed by atoms with van der Waals surface area (Å²) in [7, 11) is 0. The maximum Gasteiger partial charge on any atom is 0.243 e. The normalized spacial score (nSPS) is 18.8. The van der Waals surface area contributed by atoms with Crippen LogP contribution in [0.2, 0.25) is 0 Å². The molecule has 0 aromatic heterocycles. The van der Waals surface area contributed by atoms with Crippen LogP contribution in [-0.2, 0) is 14.4 Å². The molecule has 0 saturated carbocycles. The molecular formula is C20H37N3O5. The molecule has 3 atom stereocenters. The number of hydrogen-bond acceptors (Lipinski definition) is 5. The number of hydroxylamine groups is 1. The summed E-state index contributed by atoms with van der Waals surface area (Å²) in [5.74, 6) is -0.297. The van der Waals surface area contributed by atoms with Crippen molar-refractivity contribution in [3.63, 3.8) is 0 Å². The van der Waals surface area contributed by atoms with Crippen LogP contribution < -0.4 is 10.8 Å². The lowest BCUT2D eigenvalue weighted by molar-refractivity contribution is -0.138. The first kappa shape index (κ1) is 24.4. The number of hydrogen-bond donors (Lipinski definition) is 4.